The molecule has 1 rings (SSSR count). The molecular formula is C9H8NO4-. The van der Waals surface area contributed by atoms with Crippen LogP contribution in [0.25, 0.3) is 0 Å². The van der Waals surface area contributed by atoms with E-state index in [0.29, 0.717) is 6.29 Å². The van der Waals surface area contributed by atoms with Crippen molar-refractivity contribution in [3.05, 3.63) is 32.9 Å². The molecule has 0 saturated heterocycles. The van der Waals surface area contributed by atoms with E-state index in [1.807, 2.05) is 0 Å². The van der Waals surface area contributed by atoms with E-state index in [4.69, 9.17) is 0 Å². The van der Waals surface area contributed by atoms with Gasteiger partial charge in [0, 0.05) is 16.7 Å². The summed E-state index contributed by atoms with van der Waals surface area (Å²) in [6.45, 7) is 2.87. The summed E-state index contributed by atoms with van der Waals surface area (Å²) < 4.78 is 0. The fourth-order valence-corrected chi connectivity index (χ4v) is 1.38. The molecule has 0 N–H and O–H groups in total. The van der Waals surface area contributed by atoms with Crippen LogP contribution in [-0.4, -0.2) is 11.2 Å². The Morgan fingerprint density at radius 2 is 2.00 bits per heavy atom. The molecule has 0 aliphatic heterocycles. The van der Waals surface area contributed by atoms with E-state index in [1.165, 1.54) is 13.8 Å². The molecule has 1 aromatic rings. The maximum absolute atomic E-state index is 11.2. The molecule has 0 aromatic heterocycles. The summed E-state index contributed by atoms with van der Waals surface area (Å²) in [5, 5.41) is 21.8. The summed E-state index contributed by atoms with van der Waals surface area (Å²) in [5.41, 5.74) is 0.118. The lowest BCUT2D eigenvalue weighted by Crippen LogP contribution is -2.04. The Balaban J connectivity index is 3.60. The minimum atomic E-state index is -0.586. The molecule has 0 spiro atoms. The highest BCUT2D eigenvalue weighted by molar-refractivity contribution is 5.84. The first-order chi connectivity index (χ1) is 6.49. The predicted octanol–water partition coefficient (Wildman–Crippen LogP) is 1.10. The third-order valence-corrected chi connectivity index (χ3v) is 2.05. The van der Waals surface area contributed by atoms with Gasteiger partial charge >= 0.3 is 0 Å². The molecule has 14 heavy (non-hydrogen) atoms. The number of rotatable bonds is 2. The van der Waals surface area contributed by atoms with Crippen LogP contribution in [0, 0.1) is 24.0 Å². The molecule has 0 aliphatic rings. The van der Waals surface area contributed by atoms with E-state index in [2.05, 4.69) is 0 Å². The molecule has 0 unspecified atom stereocenters. The topological polar surface area (TPSA) is 83.3 Å². The number of nitrogens with zero attached hydrogens (tertiary/aromatic N) is 1. The van der Waals surface area contributed by atoms with Crippen LogP contribution >= 0.6 is 0 Å². The van der Waals surface area contributed by atoms with Crippen LogP contribution in [0.4, 0.5) is 5.69 Å². The molecule has 0 bridgehead atoms. The van der Waals surface area contributed by atoms with Crippen LogP contribution in [0.5, 0.6) is 5.75 Å². The van der Waals surface area contributed by atoms with Crippen molar-refractivity contribution in [3.8, 4) is 5.75 Å². The summed E-state index contributed by atoms with van der Waals surface area (Å²) in [4.78, 5) is 20.5. The maximum Gasteiger partial charge on any atom is 0.275 e. The van der Waals surface area contributed by atoms with Gasteiger partial charge in [0.25, 0.3) is 5.69 Å². The molecule has 0 heterocycles. The zero-order chi connectivity index (χ0) is 10.9. The van der Waals surface area contributed by atoms with Crippen molar-refractivity contribution >= 4 is 12.0 Å². The first-order valence-corrected chi connectivity index (χ1v) is 3.89. The minimum absolute atomic E-state index is 0.134. The van der Waals surface area contributed by atoms with Crippen molar-refractivity contribution < 1.29 is 14.8 Å². The van der Waals surface area contributed by atoms with E-state index in [9.17, 15) is 20.0 Å². The van der Waals surface area contributed by atoms with Gasteiger partial charge in [-0.15, -0.1) is 0 Å². The molecule has 1 aromatic carbocycles. The second kappa shape index (κ2) is 3.45. The van der Waals surface area contributed by atoms with Crippen LogP contribution in [0.1, 0.15) is 21.5 Å². The Kier molecular flexibility index (Phi) is 2.51. The Morgan fingerprint density at radius 3 is 2.43 bits per heavy atom. The van der Waals surface area contributed by atoms with E-state index >= 15 is 0 Å². The normalized spacial score (nSPS) is 9.86. The number of aldehydes is 1. The summed E-state index contributed by atoms with van der Waals surface area (Å²) in [6, 6.07) is 1.11. The molecule has 0 atom stereocenters. The Hall–Kier alpha value is -1.91. The first-order valence-electron chi connectivity index (χ1n) is 3.89. The fourth-order valence-electron chi connectivity index (χ4n) is 1.38. The SMILES string of the molecule is Cc1cc([O-])c(C=O)c(C)c1[N+](=O)[O-]. The van der Waals surface area contributed by atoms with E-state index in [1.54, 1.807) is 0 Å². The molecule has 5 heteroatoms. The Labute approximate surface area is 80.1 Å². The lowest BCUT2D eigenvalue weighted by molar-refractivity contribution is -0.386. The molecule has 0 aliphatic carbocycles. The minimum Gasteiger partial charge on any atom is -0.872 e. The standard InChI is InChI=1S/C9H9NO4/c1-5-3-8(12)7(4-11)6(2)9(5)10(13)14/h3-4,12H,1-2H3/p-1. The molecule has 0 fully saturated rings. The van der Waals surface area contributed by atoms with Gasteiger partial charge in [0.1, 0.15) is 6.29 Å². The van der Waals surface area contributed by atoms with Gasteiger partial charge in [-0.05, 0) is 13.8 Å². The highest BCUT2D eigenvalue weighted by atomic mass is 16.6. The van der Waals surface area contributed by atoms with Crippen molar-refractivity contribution in [2.75, 3.05) is 0 Å². The summed E-state index contributed by atoms with van der Waals surface area (Å²) in [5.74, 6) is -0.472. The predicted molar refractivity (Wildman–Crippen MR) is 47.4 cm³/mol. The lowest BCUT2D eigenvalue weighted by Gasteiger charge is -2.13. The quantitative estimate of drug-likeness (QED) is 0.401. The smallest absolute Gasteiger partial charge is 0.275 e. The molecular weight excluding hydrogens is 186 g/mol. The average Bonchev–Trinajstić information content (AvgIpc) is 2.02. The van der Waals surface area contributed by atoms with Crippen molar-refractivity contribution in [1.29, 1.82) is 0 Å². The van der Waals surface area contributed by atoms with Gasteiger partial charge in [-0.2, -0.15) is 0 Å². The number of nitro groups is 1. The average molecular weight is 194 g/mol. The van der Waals surface area contributed by atoms with Gasteiger partial charge in [0.15, 0.2) is 0 Å². The van der Waals surface area contributed by atoms with Crippen LogP contribution in [0.2, 0.25) is 0 Å². The van der Waals surface area contributed by atoms with Gasteiger partial charge < -0.3 is 5.11 Å². The number of benzene rings is 1. The number of carbonyl (C=O) groups excluding carboxylic acids is 1. The Morgan fingerprint density at radius 1 is 1.43 bits per heavy atom. The highest BCUT2D eigenvalue weighted by Gasteiger charge is 2.17. The third kappa shape index (κ3) is 1.44. The fraction of sp³-hybridized carbons (Fsp3) is 0.222. The second-order valence-electron chi connectivity index (χ2n) is 2.95. The van der Waals surface area contributed by atoms with Gasteiger partial charge in [-0.25, -0.2) is 0 Å². The monoisotopic (exact) mass is 194 g/mol. The summed E-state index contributed by atoms with van der Waals surface area (Å²) in [7, 11) is 0. The molecule has 74 valence electrons. The van der Waals surface area contributed by atoms with Gasteiger partial charge in [0.2, 0.25) is 0 Å². The number of hydrogen-bond donors (Lipinski definition) is 0. The number of hydrogen-bond acceptors (Lipinski definition) is 4. The highest BCUT2D eigenvalue weighted by Crippen LogP contribution is 2.29. The van der Waals surface area contributed by atoms with Gasteiger partial charge in [0.05, 0.1) is 4.92 Å². The lowest BCUT2D eigenvalue weighted by atomic mass is 10.0. The van der Waals surface area contributed by atoms with Crippen LogP contribution in [-0.2, 0) is 0 Å². The largest absolute Gasteiger partial charge is 0.872 e. The molecule has 0 saturated carbocycles. The number of carbonyl (C=O) groups is 1. The van der Waals surface area contributed by atoms with Gasteiger partial charge in [-0.1, -0.05) is 11.8 Å². The van der Waals surface area contributed by atoms with Crippen molar-refractivity contribution in [2.24, 2.45) is 0 Å². The van der Waals surface area contributed by atoms with Crippen molar-refractivity contribution in [3.63, 3.8) is 0 Å². The third-order valence-electron chi connectivity index (χ3n) is 2.05. The molecule has 0 amide bonds. The first kappa shape index (κ1) is 10.2. The zero-order valence-electron chi connectivity index (χ0n) is 7.73. The van der Waals surface area contributed by atoms with Crippen LogP contribution in [0.3, 0.4) is 0 Å². The van der Waals surface area contributed by atoms with Crippen LogP contribution in [0.15, 0.2) is 6.07 Å². The van der Waals surface area contributed by atoms with Crippen molar-refractivity contribution in [2.45, 2.75) is 13.8 Å². The van der Waals surface area contributed by atoms with Crippen molar-refractivity contribution in [1.82, 2.24) is 0 Å². The van der Waals surface area contributed by atoms with Crippen LogP contribution < -0.4 is 5.11 Å². The number of aryl methyl sites for hydroxylation is 1. The molecule has 5 nitrogen and oxygen atoms in total. The van der Waals surface area contributed by atoms with E-state index < -0.39 is 10.7 Å². The Bertz CT molecular complexity index is 412. The second-order valence-corrected chi connectivity index (χ2v) is 2.95. The summed E-state index contributed by atoms with van der Waals surface area (Å²) >= 11 is 0. The van der Waals surface area contributed by atoms with Gasteiger partial charge in [-0.3, -0.25) is 14.9 Å². The molecule has 0 radical (unpaired) electrons. The maximum atomic E-state index is 11.2. The van der Waals surface area contributed by atoms with E-state index in [-0.39, 0.29) is 22.4 Å². The van der Waals surface area contributed by atoms with E-state index in [0.717, 1.165) is 6.07 Å². The summed E-state index contributed by atoms with van der Waals surface area (Å²) in [6.07, 6.45) is 0.351. The zero-order valence-corrected chi connectivity index (χ0v) is 7.73. The number of nitro benzene ring substituents is 1.